The zero-order valence-electron chi connectivity index (χ0n) is 6.18. The maximum absolute atomic E-state index is 10.7. The second-order valence-electron chi connectivity index (χ2n) is 2.49. The number of allylic oxidation sites excluding steroid dienone is 2. The molecular weight excluding hydrogens is 158 g/mol. The molecule has 1 aliphatic carbocycles. The van der Waals surface area contributed by atoms with Crippen LogP contribution in [0.3, 0.4) is 0 Å². The lowest BCUT2D eigenvalue weighted by molar-refractivity contribution is 0.140. The van der Waals surface area contributed by atoms with Gasteiger partial charge in [-0.3, -0.25) is 4.90 Å². The molecule has 0 radical (unpaired) electrons. The van der Waals surface area contributed by atoms with Crippen molar-refractivity contribution in [3.05, 3.63) is 36.4 Å². The summed E-state index contributed by atoms with van der Waals surface area (Å²) in [7, 11) is 0. The Hall–Kier alpha value is -1.71. The number of hydrogen-bond acceptors (Lipinski definition) is 2. The Balaban J connectivity index is 2.30. The topological polar surface area (TPSA) is 49.8 Å². The molecule has 1 N–H and O–H groups in total. The van der Waals surface area contributed by atoms with E-state index in [1.165, 1.54) is 17.4 Å². The third kappa shape index (κ3) is 0.887. The van der Waals surface area contributed by atoms with Crippen molar-refractivity contribution in [2.45, 2.75) is 6.04 Å². The molecular formula is C8H7NO3. The Morgan fingerprint density at radius 2 is 2.50 bits per heavy atom. The van der Waals surface area contributed by atoms with Gasteiger partial charge in [0.15, 0.2) is 0 Å². The second-order valence-corrected chi connectivity index (χ2v) is 2.49. The Labute approximate surface area is 69.0 Å². The number of fused-ring (bicyclic) bond motifs is 1. The molecule has 0 bridgehead atoms. The lowest BCUT2D eigenvalue weighted by atomic mass is 10.2. The highest BCUT2D eigenvalue weighted by Gasteiger charge is 2.28. The van der Waals surface area contributed by atoms with Crippen LogP contribution in [0.2, 0.25) is 0 Å². The molecule has 1 amide bonds. The molecule has 12 heavy (non-hydrogen) atoms. The summed E-state index contributed by atoms with van der Waals surface area (Å²) < 4.78 is 5.10. The first kappa shape index (κ1) is 6.97. The van der Waals surface area contributed by atoms with Crippen LogP contribution in [0.4, 0.5) is 4.79 Å². The molecule has 0 aromatic heterocycles. The number of ether oxygens (including phenoxy) is 1. The third-order valence-electron chi connectivity index (χ3n) is 1.79. The summed E-state index contributed by atoms with van der Waals surface area (Å²) in [4.78, 5) is 11.8. The van der Waals surface area contributed by atoms with E-state index in [4.69, 9.17) is 9.84 Å². The van der Waals surface area contributed by atoms with Crippen molar-refractivity contribution in [1.29, 1.82) is 0 Å². The van der Waals surface area contributed by atoms with Gasteiger partial charge in [0.2, 0.25) is 0 Å². The van der Waals surface area contributed by atoms with Crippen LogP contribution in [0.1, 0.15) is 0 Å². The van der Waals surface area contributed by atoms with Crippen molar-refractivity contribution in [3.63, 3.8) is 0 Å². The number of nitrogens with zero attached hydrogens (tertiary/aromatic N) is 1. The molecule has 1 atom stereocenters. The fraction of sp³-hybridized carbons (Fsp3) is 0.125. The van der Waals surface area contributed by atoms with Crippen LogP contribution in [0.25, 0.3) is 0 Å². The second kappa shape index (κ2) is 2.41. The summed E-state index contributed by atoms with van der Waals surface area (Å²) >= 11 is 0. The zero-order chi connectivity index (χ0) is 8.55. The zero-order valence-corrected chi connectivity index (χ0v) is 6.18. The summed E-state index contributed by atoms with van der Waals surface area (Å²) in [5, 5.41) is 8.74. The van der Waals surface area contributed by atoms with Crippen LogP contribution in [-0.2, 0) is 4.74 Å². The van der Waals surface area contributed by atoms with E-state index in [1.807, 2.05) is 0 Å². The first-order valence-electron chi connectivity index (χ1n) is 3.52. The number of carbonyl (C=O) groups is 1. The molecule has 0 aromatic rings. The van der Waals surface area contributed by atoms with Gasteiger partial charge < -0.3 is 9.84 Å². The molecule has 0 fully saturated rings. The summed E-state index contributed by atoms with van der Waals surface area (Å²) in [6.45, 7) is 0. The average molecular weight is 165 g/mol. The maximum Gasteiger partial charge on any atom is 0.412 e. The molecule has 0 spiro atoms. The molecule has 0 saturated carbocycles. The van der Waals surface area contributed by atoms with Crippen LogP contribution < -0.4 is 0 Å². The Morgan fingerprint density at radius 1 is 1.67 bits per heavy atom. The minimum atomic E-state index is -0.975. The van der Waals surface area contributed by atoms with E-state index >= 15 is 0 Å². The summed E-state index contributed by atoms with van der Waals surface area (Å²) in [5.41, 5.74) is 0. The third-order valence-corrected chi connectivity index (χ3v) is 1.79. The lowest BCUT2D eigenvalue weighted by Crippen LogP contribution is -2.36. The Kier molecular flexibility index (Phi) is 1.40. The maximum atomic E-state index is 10.7. The van der Waals surface area contributed by atoms with Crippen LogP contribution in [0, 0.1) is 0 Å². The average Bonchev–Trinajstić information content (AvgIpc) is 2.49. The number of amides is 1. The van der Waals surface area contributed by atoms with Gasteiger partial charge in [-0.15, -0.1) is 0 Å². The highest BCUT2D eigenvalue weighted by Crippen LogP contribution is 2.23. The highest BCUT2D eigenvalue weighted by molar-refractivity contribution is 5.68. The molecule has 2 rings (SSSR count). The van der Waals surface area contributed by atoms with Gasteiger partial charge in [0.05, 0.1) is 0 Å². The molecule has 62 valence electrons. The van der Waals surface area contributed by atoms with E-state index in [0.717, 1.165) is 0 Å². The van der Waals surface area contributed by atoms with Crippen molar-refractivity contribution in [2.75, 3.05) is 0 Å². The minimum Gasteiger partial charge on any atom is -0.465 e. The fourth-order valence-corrected chi connectivity index (χ4v) is 1.24. The predicted octanol–water partition coefficient (Wildman–Crippen LogP) is 1.29. The smallest absolute Gasteiger partial charge is 0.412 e. The highest BCUT2D eigenvalue weighted by atomic mass is 16.5. The van der Waals surface area contributed by atoms with Crippen molar-refractivity contribution in [3.8, 4) is 0 Å². The van der Waals surface area contributed by atoms with E-state index in [9.17, 15) is 4.79 Å². The van der Waals surface area contributed by atoms with Gasteiger partial charge in [0, 0.05) is 6.20 Å². The molecule has 0 aromatic carbocycles. The van der Waals surface area contributed by atoms with Crippen LogP contribution in [0.5, 0.6) is 0 Å². The lowest BCUT2D eigenvalue weighted by Gasteiger charge is -2.26. The molecule has 1 unspecified atom stereocenters. The molecule has 0 saturated heterocycles. The van der Waals surface area contributed by atoms with Gasteiger partial charge in [0.25, 0.3) is 0 Å². The van der Waals surface area contributed by atoms with Crippen molar-refractivity contribution in [1.82, 2.24) is 4.90 Å². The monoisotopic (exact) mass is 165 g/mol. The van der Waals surface area contributed by atoms with Gasteiger partial charge in [0.1, 0.15) is 18.1 Å². The molecule has 4 nitrogen and oxygen atoms in total. The van der Waals surface area contributed by atoms with E-state index in [2.05, 4.69) is 0 Å². The number of carboxylic acid groups (broad SMARTS) is 1. The van der Waals surface area contributed by atoms with Crippen LogP contribution in [-0.4, -0.2) is 22.1 Å². The van der Waals surface area contributed by atoms with Gasteiger partial charge in [-0.2, -0.15) is 0 Å². The van der Waals surface area contributed by atoms with E-state index in [1.54, 1.807) is 18.2 Å². The van der Waals surface area contributed by atoms with Crippen LogP contribution in [0.15, 0.2) is 36.4 Å². The summed E-state index contributed by atoms with van der Waals surface area (Å²) in [6, 6.07) is -0.271. The number of rotatable bonds is 0. The van der Waals surface area contributed by atoms with Gasteiger partial charge in [-0.05, 0) is 6.08 Å². The molecule has 4 heteroatoms. The molecule has 1 aliphatic heterocycles. The van der Waals surface area contributed by atoms with Crippen molar-refractivity contribution < 1.29 is 14.6 Å². The van der Waals surface area contributed by atoms with Crippen molar-refractivity contribution in [2.24, 2.45) is 0 Å². The quantitative estimate of drug-likeness (QED) is 0.588. The van der Waals surface area contributed by atoms with E-state index < -0.39 is 6.09 Å². The van der Waals surface area contributed by atoms with E-state index in [-0.39, 0.29) is 6.04 Å². The normalized spacial score (nSPS) is 24.8. The molecule has 2 aliphatic rings. The van der Waals surface area contributed by atoms with Gasteiger partial charge in [-0.1, -0.05) is 12.2 Å². The standard InChI is InChI=1S/C8H7NO3/c10-8(11)9-4-5-12-7-3-1-2-6(7)9/h1-6H,(H,10,11). The van der Waals surface area contributed by atoms with Crippen molar-refractivity contribution >= 4 is 6.09 Å². The largest absolute Gasteiger partial charge is 0.465 e. The van der Waals surface area contributed by atoms with Gasteiger partial charge in [-0.25, -0.2) is 4.79 Å². The SMILES string of the molecule is O=C(O)N1C=COC2=CC=CC21. The first-order chi connectivity index (χ1) is 5.79. The summed E-state index contributed by atoms with van der Waals surface area (Å²) in [5.74, 6) is 0.653. The number of hydrogen-bond donors (Lipinski definition) is 1. The Bertz CT molecular complexity index is 303. The minimum absolute atomic E-state index is 0.271. The van der Waals surface area contributed by atoms with Crippen LogP contribution >= 0.6 is 0 Å². The van der Waals surface area contributed by atoms with Gasteiger partial charge >= 0.3 is 6.09 Å². The fourth-order valence-electron chi connectivity index (χ4n) is 1.24. The Morgan fingerprint density at radius 3 is 3.25 bits per heavy atom. The summed E-state index contributed by atoms with van der Waals surface area (Å²) in [6.07, 6.45) is 7.10. The first-order valence-corrected chi connectivity index (χ1v) is 3.52. The van der Waals surface area contributed by atoms with E-state index in [0.29, 0.717) is 5.76 Å². The molecule has 1 heterocycles. The predicted molar refractivity (Wildman–Crippen MR) is 41.1 cm³/mol.